The minimum Gasteiger partial charge on any atom is -0.481 e. The van der Waals surface area contributed by atoms with E-state index in [0.717, 1.165) is 11.4 Å². The lowest BCUT2D eigenvalue weighted by molar-refractivity contribution is -0.142. The van der Waals surface area contributed by atoms with Crippen molar-refractivity contribution in [2.24, 2.45) is 5.92 Å². The first-order valence-electron chi connectivity index (χ1n) is 6.98. The van der Waals surface area contributed by atoms with Crippen LogP contribution in [0.5, 0.6) is 0 Å². The predicted octanol–water partition coefficient (Wildman–Crippen LogP) is 2.08. The van der Waals surface area contributed by atoms with Gasteiger partial charge in [-0.1, -0.05) is 12.1 Å². The van der Waals surface area contributed by atoms with Gasteiger partial charge in [-0.3, -0.25) is 4.79 Å². The third-order valence-corrected chi connectivity index (χ3v) is 3.96. The van der Waals surface area contributed by atoms with Crippen molar-refractivity contribution in [1.29, 1.82) is 0 Å². The van der Waals surface area contributed by atoms with Crippen LogP contribution < -0.4 is 10.2 Å². The highest BCUT2D eigenvalue weighted by Crippen LogP contribution is 2.27. The summed E-state index contributed by atoms with van der Waals surface area (Å²) < 4.78 is 0. The summed E-state index contributed by atoms with van der Waals surface area (Å²) in [4.78, 5) is 27.0. The van der Waals surface area contributed by atoms with Crippen molar-refractivity contribution >= 4 is 23.4 Å². The topological polar surface area (TPSA) is 72.9 Å². The van der Waals surface area contributed by atoms with Crippen molar-refractivity contribution in [3.05, 3.63) is 24.3 Å². The number of carbonyl (C=O) groups is 2. The van der Waals surface area contributed by atoms with Gasteiger partial charge in [0.1, 0.15) is 0 Å². The summed E-state index contributed by atoms with van der Waals surface area (Å²) in [6, 6.07) is 6.97. The van der Waals surface area contributed by atoms with Crippen LogP contribution >= 0.6 is 0 Å². The first-order chi connectivity index (χ1) is 9.91. The van der Waals surface area contributed by atoms with Gasteiger partial charge in [-0.2, -0.15) is 0 Å². The first-order valence-corrected chi connectivity index (χ1v) is 6.98. The molecule has 0 saturated carbocycles. The second-order valence-electron chi connectivity index (χ2n) is 5.51. The fraction of sp³-hybridized carbons (Fsp3) is 0.467. The zero-order valence-electron chi connectivity index (χ0n) is 12.5. The molecule has 0 aromatic heterocycles. The normalized spacial score (nSPS) is 21.2. The molecule has 0 radical (unpaired) electrons. The van der Waals surface area contributed by atoms with Gasteiger partial charge in [0, 0.05) is 26.7 Å². The van der Waals surface area contributed by atoms with Gasteiger partial charge in [-0.25, -0.2) is 4.79 Å². The van der Waals surface area contributed by atoms with E-state index in [9.17, 15) is 9.59 Å². The molecule has 0 bridgehead atoms. The fourth-order valence-corrected chi connectivity index (χ4v) is 2.71. The van der Waals surface area contributed by atoms with Crippen molar-refractivity contribution in [3.8, 4) is 0 Å². The van der Waals surface area contributed by atoms with Gasteiger partial charge in [0.15, 0.2) is 0 Å². The Morgan fingerprint density at radius 2 is 2.00 bits per heavy atom. The lowest BCUT2D eigenvalue weighted by atomic mass is 10.0. The largest absolute Gasteiger partial charge is 0.481 e. The lowest BCUT2D eigenvalue weighted by Crippen LogP contribution is -2.40. The van der Waals surface area contributed by atoms with Gasteiger partial charge in [0.2, 0.25) is 0 Å². The van der Waals surface area contributed by atoms with Crippen LogP contribution in [0.3, 0.4) is 0 Å². The van der Waals surface area contributed by atoms with Crippen LogP contribution in [0.4, 0.5) is 16.2 Å². The average molecular weight is 291 g/mol. The number of likely N-dealkylation sites (tertiary alicyclic amines) is 1. The van der Waals surface area contributed by atoms with Crippen molar-refractivity contribution in [2.45, 2.75) is 19.4 Å². The van der Waals surface area contributed by atoms with E-state index in [-0.39, 0.29) is 12.1 Å². The van der Waals surface area contributed by atoms with Gasteiger partial charge in [0.05, 0.1) is 17.3 Å². The molecule has 6 heteroatoms. The fourth-order valence-electron chi connectivity index (χ4n) is 2.71. The molecule has 1 aromatic rings. The van der Waals surface area contributed by atoms with Crippen molar-refractivity contribution in [3.63, 3.8) is 0 Å². The SMILES string of the molecule is CC1C(C(=O)O)CCN1C(=O)Nc1ccccc1N(C)C. The molecule has 1 heterocycles. The molecule has 1 aliphatic rings. The molecule has 1 aliphatic heterocycles. The van der Waals surface area contributed by atoms with Crippen molar-refractivity contribution in [1.82, 2.24) is 4.90 Å². The summed E-state index contributed by atoms with van der Waals surface area (Å²) >= 11 is 0. The Kier molecular flexibility index (Phi) is 4.35. The molecule has 6 nitrogen and oxygen atoms in total. The van der Waals surface area contributed by atoms with Crippen molar-refractivity contribution in [2.75, 3.05) is 30.9 Å². The molecule has 1 aromatic carbocycles. The van der Waals surface area contributed by atoms with Crippen LogP contribution in [0.1, 0.15) is 13.3 Å². The summed E-state index contributed by atoms with van der Waals surface area (Å²) in [5.41, 5.74) is 1.63. The number of carbonyl (C=O) groups excluding carboxylic acids is 1. The highest BCUT2D eigenvalue weighted by Gasteiger charge is 2.38. The molecule has 1 fully saturated rings. The van der Waals surface area contributed by atoms with E-state index >= 15 is 0 Å². The number of nitrogens with one attached hydrogen (secondary N) is 1. The quantitative estimate of drug-likeness (QED) is 0.894. The number of anilines is 2. The number of hydrogen-bond acceptors (Lipinski definition) is 3. The number of amides is 2. The summed E-state index contributed by atoms with van der Waals surface area (Å²) in [6.45, 7) is 2.25. The van der Waals surface area contributed by atoms with Crippen LogP contribution in [0.25, 0.3) is 0 Å². The van der Waals surface area contributed by atoms with Crippen LogP contribution in [0, 0.1) is 5.92 Å². The smallest absolute Gasteiger partial charge is 0.322 e. The summed E-state index contributed by atoms with van der Waals surface area (Å²) in [5.74, 6) is -1.33. The average Bonchev–Trinajstić information content (AvgIpc) is 2.81. The maximum Gasteiger partial charge on any atom is 0.322 e. The van der Waals surface area contributed by atoms with Crippen LogP contribution in [-0.4, -0.2) is 48.7 Å². The molecule has 0 spiro atoms. The molecule has 0 aliphatic carbocycles. The van der Waals surface area contributed by atoms with Gasteiger partial charge >= 0.3 is 12.0 Å². The maximum atomic E-state index is 12.4. The van der Waals surface area contributed by atoms with E-state index < -0.39 is 11.9 Å². The zero-order chi connectivity index (χ0) is 15.6. The Bertz CT molecular complexity index is 545. The number of rotatable bonds is 3. The molecule has 2 amide bonds. The summed E-state index contributed by atoms with van der Waals surface area (Å²) in [6.07, 6.45) is 0.499. The third kappa shape index (κ3) is 3.09. The number of carboxylic acid groups (broad SMARTS) is 1. The Balaban J connectivity index is 2.11. The highest BCUT2D eigenvalue weighted by atomic mass is 16.4. The molecule has 2 unspecified atom stereocenters. The molecule has 1 saturated heterocycles. The second kappa shape index (κ2) is 6.03. The van der Waals surface area contributed by atoms with E-state index in [1.165, 1.54) is 0 Å². The minimum absolute atomic E-state index is 0.249. The standard InChI is InChI=1S/C15H21N3O3/c1-10-11(14(19)20)8-9-18(10)15(21)16-12-6-4-5-7-13(12)17(2)3/h4-7,10-11H,8-9H2,1-3H3,(H,16,21)(H,19,20). The Labute approximate surface area is 124 Å². The van der Waals surface area contributed by atoms with E-state index in [4.69, 9.17) is 5.11 Å². The van der Waals surface area contributed by atoms with Crippen LogP contribution in [0.2, 0.25) is 0 Å². The van der Waals surface area contributed by atoms with Crippen LogP contribution in [-0.2, 0) is 4.79 Å². The van der Waals surface area contributed by atoms with E-state index in [0.29, 0.717) is 13.0 Å². The predicted molar refractivity (Wildman–Crippen MR) is 81.7 cm³/mol. The second-order valence-corrected chi connectivity index (χ2v) is 5.51. The third-order valence-electron chi connectivity index (χ3n) is 3.96. The highest BCUT2D eigenvalue weighted by molar-refractivity contribution is 5.94. The minimum atomic E-state index is -0.841. The van der Waals surface area contributed by atoms with Gasteiger partial charge in [-0.15, -0.1) is 0 Å². The number of para-hydroxylation sites is 2. The van der Waals surface area contributed by atoms with Crippen molar-refractivity contribution < 1.29 is 14.7 Å². The van der Waals surface area contributed by atoms with Gasteiger partial charge < -0.3 is 20.2 Å². The van der Waals surface area contributed by atoms with E-state index in [2.05, 4.69) is 5.32 Å². The lowest BCUT2D eigenvalue weighted by Gasteiger charge is -2.25. The Morgan fingerprint density at radius 3 is 2.57 bits per heavy atom. The van der Waals surface area contributed by atoms with Gasteiger partial charge in [-0.05, 0) is 25.5 Å². The molecular formula is C15H21N3O3. The number of benzene rings is 1. The molecule has 21 heavy (non-hydrogen) atoms. The van der Waals surface area contributed by atoms with E-state index in [1.54, 1.807) is 11.8 Å². The Hall–Kier alpha value is -2.24. The van der Waals surface area contributed by atoms with Crippen LogP contribution in [0.15, 0.2) is 24.3 Å². The molecular weight excluding hydrogens is 270 g/mol. The number of urea groups is 1. The number of nitrogens with zero attached hydrogens (tertiary/aromatic N) is 2. The monoisotopic (exact) mass is 291 g/mol. The number of carboxylic acids is 1. The molecule has 2 atom stereocenters. The first kappa shape index (κ1) is 15.2. The zero-order valence-corrected chi connectivity index (χ0v) is 12.5. The van der Waals surface area contributed by atoms with Gasteiger partial charge in [0.25, 0.3) is 0 Å². The molecule has 114 valence electrons. The summed E-state index contributed by atoms with van der Waals surface area (Å²) in [5, 5.41) is 12.0. The Morgan fingerprint density at radius 1 is 1.33 bits per heavy atom. The number of aliphatic carboxylic acids is 1. The summed E-state index contributed by atoms with van der Waals surface area (Å²) in [7, 11) is 3.81. The van der Waals surface area contributed by atoms with E-state index in [1.807, 2.05) is 43.3 Å². The molecule has 2 rings (SSSR count). The number of hydrogen-bond donors (Lipinski definition) is 2. The molecule has 2 N–H and O–H groups in total. The maximum absolute atomic E-state index is 12.4.